The van der Waals surface area contributed by atoms with Gasteiger partial charge in [0.05, 0.1) is 6.20 Å². The second-order valence-corrected chi connectivity index (χ2v) is 4.38. The molecule has 0 saturated heterocycles. The Morgan fingerprint density at radius 1 is 1.47 bits per heavy atom. The number of nitrogens with zero attached hydrogens (tertiary/aromatic N) is 2. The van der Waals surface area contributed by atoms with Crippen molar-refractivity contribution < 1.29 is 14.3 Å². The van der Waals surface area contributed by atoms with Crippen LogP contribution in [0.5, 0.6) is 0 Å². The number of carboxylic acids is 1. The van der Waals surface area contributed by atoms with Crippen LogP contribution >= 0.6 is 0 Å². The van der Waals surface area contributed by atoms with Crippen LogP contribution in [0.4, 0.5) is 10.1 Å². The van der Waals surface area contributed by atoms with E-state index in [4.69, 9.17) is 0 Å². The van der Waals surface area contributed by atoms with E-state index in [9.17, 15) is 14.3 Å². The Balaban J connectivity index is 2.29. The quantitative estimate of drug-likeness (QED) is 0.886. The predicted molar refractivity (Wildman–Crippen MR) is 68.3 cm³/mol. The zero-order chi connectivity index (χ0) is 14.0. The summed E-state index contributed by atoms with van der Waals surface area (Å²) in [4.78, 5) is 11.3. The van der Waals surface area contributed by atoms with Crippen molar-refractivity contribution in [2.45, 2.75) is 13.0 Å². The van der Waals surface area contributed by atoms with Crippen LogP contribution in [0.25, 0.3) is 0 Å². The normalized spacial score (nSPS) is 12.2. The monoisotopic (exact) mass is 263 g/mol. The minimum Gasteiger partial charge on any atom is -0.479 e. The van der Waals surface area contributed by atoms with E-state index in [-0.39, 0.29) is 0 Å². The van der Waals surface area contributed by atoms with Gasteiger partial charge in [-0.05, 0) is 30.7 Å². The van der Waals surface area contributed by atoms with E-state index in [0.29, 0.717) is 11.3 Å². The molecule has 0 fully saturated rings. The lowest BCUT2D eigenvalue weighted by Gasteiger charge is -2.14. The summed E-state index contributed by atoms with van der Waals surface area (Å²) in [5.74, 6) is -1.45. The number of anilines is 1. The van der Waals surface area contributed by atoms with Crippen molar-refractivity contribution in [3.63, 3.8) is 0 Å². The minimum atomic E-state index is -1.05. The molecule has 1 unspecified atom stereocenters. The minimum absolute atomic E-state index is 0.405. The zero-order valence-electron chi connectivity index (χ0n) is 10.6. The molecule has 0 spiro atoms. The molecule has 5 nitrogen and oxygen atoms in total. The number of aliphatic carboxylic acids is 1. The van der Waals surface area contributed by atoms with E-state index in [1.54, 1.807) is 26.2 Å². The lowest BCUT2D eigenvalue weighted by atomic mass is 10.1. The van der Waals surface area contributed by atoms with Gasteiger partial charge < -0.3 is 10.4 Å². The number of benzene rings is 1. The van der Waals surface area contributed by atoms with E-state index in [1.165, 1.54) is 23.0 Å². The summed E-state index contributed by atoms with van der Waals surface area (Å²) in [7, 11) is 1.70. The number of hydrogen-bond donors (Lipinski definition) is 2. The van der Waals surface area contributed by atoms with Crippen LogP contribution in [0, 0.1) is 12.7 Å². The van der Waals surface area contributed by atoms with E-state index in [1.807, 2.05) is 0 Å². The van der Waals surface area contributed by atoms with Gasteiger partial charge in [0.15, 0.2) is 6.04 Å². The number of carbonyl (C=O) groups is 1. The molecule has 0 radical (unpaired) electrons. The Kier molecular flexibility index (Phi) is 3.50. The molecule has 0 aliphatic heterocycles. The van der Waals surface area contributed by atoms with Crippen molar-refractivity contribution in [1.29, 1.82) is 0 Å². The highest BCUT2D eigenvalue weighted by molar-refractivity contribution is 5.79. The Labute approximate surface area is 109 Å². The first kappa shape index (κ1) is 13.1. The number of nitrogens with one attached hydrogen (secondary N) is 1. The smallest absolute Gasteiger partial charge is 0.330 e. The average Bonchev–Trinajstić information content (AvgIpc) is 2.70. The summed E-state index contributed by atoms with van der Waals surface area (Å²) >= 11 is 0. The Morgan fingerprint density at radius 2 is 2.21 bits per heavy atom. The maximum atomic E-state index is 13.3. The van der Waals surface area contributed by atoms with Crippen LogP contribution < -0.4 is 5.32 Å². The van der Waals surface area contributed by atoms with Gasteiger partial charge in [-0.15, -0.1) is 0 Å². The molecule has 0 aliphatic carbocycles. The summed E-state index contributed by atoms with van der Waals surface area (Å²) in [6, 6.07) is 3.37. The van der Waals surface area contributed by atoms with Crippen LogP contribution in [-0.2, 0) is 11.8 Å². The van der Waals surface area contributed by atoms with Crippen molar-refractivity contribution >= 4 is 11.7 Å². The Bertz CT molecular complexity index is 589. The molecule has 2 aromatic rings. The van der Waals surface area contributed by atoms with E-state index in [2.05, 4.69) is 10.4 Å². The van der Waals surface area contributed by atoms with Gasteiger partial charge in [0.2, 0.25) is 0 Å². The third kappa shape index (κ3) is 3.09. The van der Waals surface area contributed by atoms with E-state index >= 15 is 0 Å². The van der Waals surface area contributed by atoms with Crippen molar-refractivity contribution in [3.05, 3.63) is 47.5 Å². The summed E-state index contributed by atoms with van der Waals surface area (Å²) < 4.78 is 14.8. The highest BCUT2D eigenvalue weighted by atomic mass is 19.1. The number of aryl methyl sites for hydroxylation is 2. The number of carboxylic acid groups (broad SMARTS) is 1. The molecule has 19 heavy (non-hydrogen) atoms. The zero-order valence-corrected chi connectivity index (χ0v) is 10.6. The van der Waals surface area contributed by atoms with Crippen molar-refractivity contribution in [2.75, 3.05) is 5.32 Å². The number of aromatic nitrogens is 2. The first-order chi connectivity index (χ1) is 8.95. The molecule has 100 valence electrons. The SMILES string of the molecule is Cc1cc(F)cc(NC(C(=O)O)c2cnn(C)c2)c1. The van der Waals surface area contributed by atoms with Gasteiger partial charge in [0.25, 0.3) is 0 Å². The van der Waals surface area contributed by atoms with E-state index in [0.717, 1.165) is 5.56 Å². The van der Waals surface area contributed by atoms with Crippen molar-refractivity contribution in [1.82, 2.24) is 9.78 Å². The molecule has 2 N–H and O–H groups in total. The van der Waals surface area contributed by atoms with Crippen LogP contribution in [0.15, 0.2) is 30.6 Å². The second-order valence-electron chi connectivity index (χ2n) is 4.38. The van der Waals surface area contributed by atoms with Gasteiger partial charge in [0.1, 0.15) is 5.82 Å². The molecule has 1 atom stereocenters. The summed E-state index contributed by atoms with van der Waals surface area (Å²) in [6.07, 6.45) is 3.08. The van der Waals surface area contributed by atoms with Crippen molar-refractivity contribution in [3.8, 4) is 0 Å². The molecule has 1 heterocycles. The molecular formula is C13H14FN3O2. The fourth-order valence-electron chi connectivity index (χ4n) is 1.86. The summed E-state index contributed by atoms with van der Waals surface area (Å²) in [6.45, 7) is 1.74. The molecule has 0 amide bonds. The highest BCUT2D eigenvalue weighted by Crippen LogP contribution is 2.21. The van der Waals surface area contributed by atoms with Crippen LogP contribution in [-0.4, -0.2) is 20.9 Å². The van der Waals surface area contributed by atoms with Gasteiger partial charge in [-0.3, -0.25) is 4.68 Å². The van der Waals surface area contributed by atoms with Gasteiger partial charge in [0, 0.05) is 24.5 Å². The fourth-order valence-corrected chi connectivity index (χ4v) is 1.86. The largest absolute Gasteiger partial charge is 0.479 e. The Morgan fingerprint density at radius 3 is 2.74 bits per heavy atom. The number of hydrogen-bond acceptors (Lipinski definition) is 3. The number of rotatable bonds is 4. The third-order valence-corrected chi connectivity index (χ3v) is 2.66. The van der Waals surface area contributed by atoms with Crippen LogP contribution in [0.2, 0.25) is 0 Å². The van der Waals surface area contributed by atoms with Gasteiger partial charge in [-0.1, -0.05) is 0 Å². The highest BCUT2D eigenvalue weighted by Gasteiger charge is 2.21. The Hall–Kier alpha value is -2.37. The standard InChI is InChI=1S/C13H14FN3O2/c1-8-3-10(14)5-11(4-8)16-12(13(18)19)9-6-15-17(2)7-9/h3-7,12,16H,1-2H3,(H,18,19). The average molecular weight is 263 g/mol. The van der Waals surface area contributed by atoms with Crippen LogP contribution in [0.1, 0.15) is 17.2 Å². The fraction of sp³-hybridized carbons (Fsp3) is 0.231. The first-order valence-corrected chi connectivity index (χ1v) is 5.71. The molecule has 0 bridgehead atoms. The maximum absolute atomic E-state index is 13.3. The molecular weight excluding hydrogens is 249 g/mol. The topological polar surface area (TPSA) is 67.2 Å². The number of halogens is 1. The predicted octanol–water partition coefficient (Wildman–Crippen LogP) is 2.11. The van der Waals surface area contributed by atoms with Crippen molar-refractivity contribution in [2.24, 2.45) is 7.05 Å². The van der Waals surface area contributed by atoms with Gasteiger partial charge >= 0.3 is 5.97 Å². The lowest BCUT2D eigenvalue weighted by Crippen LogP contribution is -2.20. The van der Waals surface area contributed by atoms with E-state index < -0.39 is 17.8 Å². The van der Waals surface area contributed by atoms with Gasteiger partial charge in [-0.25, -0.2) is 9.18 Å². The first-order valence-electron chi connectivity index (χ1n) is 5.71. The molecule has 0 saturated carbocycles. The summed E-state index contributed by atoms with van der Waals surface area (Å²) in [5.41, 5.74) is 1.66. The third-order valence-electron chi connectivity index (χ3n) is 2.66. The van der Waals surface area contributed by atoms with Crippen LogP contribution in [0.3, 0.4) is 0 Å². The van der Waals surface area contributed by atoms with Gasteiger partial charge in [-0.2, -0.15) is 5.10 Å². The lowest BCUT2D eigenvalue weighted by molar-refractivity contribution is -0.138. The maximum Gasteiger partial charge on any atom is 0.330 e. The molecule has 1 aromatic carbocycles. The molecule has 0 aliphatic rings. The second kappa shape index (κ2) is 5.09. The molecule has 6 heteroatoms. The molecule has 1 aromatic heterocycles. The summed E-state index contributed by atoms with van der Waals surface area (Å²) in [5, 5.41) is 16.0. The molecule has 2 rings (SSSR count).